The van der Waals surface area contributed by atoms with Crippen LogP contribution in [0.3, 0.4) is 0 Å². The highest BCUT2D eigenvalue weighted by atomic mass is 32.1. The number of nitrogens with one attached hydrogen (secondary N) is 1. The van der Waals surface area contributed by atoms with Crippen molar-refractivity contribution in [3.8, 4) is 0 Å². The number of ether oxygens (including phenoxy) is 5. The zero-order chi connectivity index (χ0) is 44.1. The number of amides is 2. The van der Waals surface area contributed by atoms with Gasteiger partial charge in [-0.25, -0.2) is 14.4 Å². The lowest BCUT2D eigenvalue weighted by molar-refractivity contribution is -0.346. The molecule has 0 radical (unpaired) electrons. The number of thiophene rings is 1. The van der Waals surface area contributed by atoms with Crippen LogP contribution in [0.25, 0.3) is 0 Å². The molecule has 17 heteroatoms. The van der Waals surface area contributed by atoms with Gasteiger partial charge in [0.2, 0.25) is 0 Å². The first-order chi connectivity index (χ1) is 28.2. The summed E-state index contributed by atoms with van der Waals surface area (Å²) in [6, 6.07) is 9.39. The Labute approximate surface area is 352 Å². The molecule has 326 valence electrons. The Hall–Kier alpha value is -4.68. The molecular formula is C43H54N2O14S. The highest BCUT2D eigenvalue weighted by Gasteiger charge is 2.78. The van der Waals surface area contributed by atoms with E-state index in [-0.39, 0.29) is 29.7 Å². The topological polar surface area (TPSA) is 225 Å². The molecule has 60 heavy (non-hydrogen) atoms. The minimum absolute atomic E-state index is 0.00883. The summed E-state index contributed by atoms with van der Waals surface area (Å²) in [4.78, 5) is 84.9. The molecule has 2 heterocycles. The first kappa shape index (κ1) is 44.9. The maximum absolute atomic E-state index is 15.4. The highest BCUT2D eigenvalue weighted by Crippen LogP contribution is 2.64. The Bertz CT molecular complexity index is 2030. The monoisotopic (exact) mass is 854 g/mol. The lowest BCUT2D eigenvalue weighted by Crippen LogP contribution is -2.82. The zero-order valence-corrected chi connectivity index (χ0v) is 35.8. The third-order valence-electron chi connectivity index (χ3n) is 13.2. The van der Waals surface area contributed by atoms with Crippen molar-refractivity contribution in [3.63, 3.8) is 0 Å². The summed E-state index contributed by atoms with van der Waals surface area (Å²) in [6.45, 7) is 12.3. The molecule has 11 atom stereocenters. The largest absolute Gasteiger partial charge is 0.456 e. The molecule has 16 nitrogen and oxygen atoms in total. The van der Waals surface area contributed by atoms with Crippen LogP contribution < -0.4 is 5.32 Å². The summed E-state index contributed by atoms with van der Waals surface area (Å²) in [5.74, 6) is -6.18. The summed E-state index contributed by atoms with van der Waals surface area (Å²) < 4.78 is 30.2. The Morgan fingerprint density at radius 2 is 1.65 bits per heavy atom. The quantitative estimate of drug-likeness (QED) is 0.145. The average Bonchev–Trinajstić information content (AvgIpc) is 3.73. The third kappa shape index (κ3) is 7.31. The number of benzene rings is 1. The predicted molar refractivity (Wildman–Crippen MR) is 213 cm³/mol. The minimum atomic E-state index is -2.37. The number of hydrogen-bond donors (Lipinski definition) is 4. The number of urea groups is 1. The van der Waals surface area contributed by atoms with Crippen molar-refractivity contribution in [3.05, 3.63) is 69.4 Å². The van der Waals surface area contributed by atoms with E-state index in [1.165, 1.54) is 42.2 Å². The molecule has 4 aliphatic rings. The Kier molecular flexibility index (Phi) is 12.4. The molecule has 3 aliphatic carbocycles. The van der Waals surface area contributed by atoms with Gasteiger partial charge in [-0.05, 0) is 62.4 Å². The van der Waals surface area contributed by atoms with E-state index in [9.17, 15) is 39.3 Å². The van der Waals surface area contributed by atoms with Crippen LogP contribution in [0.2, 0.25) is 0 Å². The Morgan fingerprint density at radius 3 is 2.20 bits per heavy atom. The first-order valence-electron chi connectivity index (χ1n) is 20.1. The van der Waals surface area contributed by atoms with Gasteiger partial charge in [0.25, 0.3) is 0 Å². The van der Waals surface area contributed by atoms with E-state index < -0.39 is 113 Å². The van der Waals surface area contributed by atoms with Crippen LogP contribution in [0.1, 0.15) is 89.5 Å². The van der Waals surface area contributed by atoms with Crippen molar-refractivity contribution in [2.24, 2.45) is 16.7 Å². The molecule has 9 unspecified atom stereocenters. The van der Waals surface area contributed by atoms with Crippen LogP contribution in [0, 0.1) is 16.7 Å². The number of carbonyl (C=O) groups is 6. The van der Waals surface area contributed by atoms with Crippen molar-refractivity contribution in [2.75, 3.05) is 19.7 Å². The van der Waals surface area contributed by atoms with Crippen molar-refractivity contribution in [1.29, 1.82) is 0 Å². The van der Waals surface area contributed by atoms with E-state index in [0.29, 0.717) is 18.0 Å². The van der Waals surface area contributed by atoms with Gasteiger partial charge in [-0.2, -0.15) is 0 Å². The van der Waals surface area contributed by atoms with Gasteiger partial charge in [-0.15, -0.1) is 11.3 Å². The molecule has 1 aromatic carbocycles. The normalized spacial score (nSPS) is 32.6. The molecule has 3 fully saturated rings. The third-order valence-corrected chi connectivity index (χ3v) is 14.1. The number of carbonyl (C=O) groups excluding carboxylic acids is 6. The van der Waals surface area contributed by atoms with E-state index in [2.05, 4.69) is 5.32 Å². The summed E-state index contributed by atoms with van der Waals surface area (Å²) in [6.07, 6.45) is -10.4. The Balaban J connectivity index is 1.54. The molecule has 2 bridgehead atoms. The van der Waals surface area contributed by atoms with Gasteiger partial charge in [0.1, 0.15) is 30.0 Å². The molecule has 2 amide bonds. The van der Waals surface area contributed by atoms with Crippen molar-refractivity contribution in [2.45, 2.75) is 122 Å². The van der Waals surface area contributed by atoms with E-state index in [1.807, 2.05) is 0 Å². The summed E-state index contributed by atoms with van der Waals surface area (Å²) >= 11 is 1.19. The smallest absolute Gasteiger partial charge is 0.338 e. The number of fused-ring (bicyclic) bond motifs is 5. The molecule has 1 aliphatic heterocycles. The molecule has 2 saturated carbocycles. The van der Waals surface area contributed by atoms with Gasteiger partial charge >= 0.3 is 29.9 Å². The minimum Gasteiger partial charge on any atom is -0.456 e. The summed E-state index contributed by atoms with van der Waals surface area (Å²) in [5, 5.41) is 41.8. The lowest BCUT2D eigenvalue weighted by Gasteiger charge is -2.67. The number of ketones is 1. The van der Waals surface area contributed by atoms with Crippen LogP contribution in [0.15, 0.2) is 59.0 Å². The molecule has 1 aromatic heterocycles. The summed E-state index contributed by atoms with van der Waals surface area (Å²) in [7, 11) is 0. The second-order valence-corrected chi connectivity index (χ2v) is 17.7. The van der Waals surface area contributed by atoms with Crippen molar-refractivity contribution >= 4 is 47.0 Å². The van der Waals surface area contributed by atoms with E-state index >= 15 is 4.79 Å². The van der Waals surface area contributed by atoms with Crippen molar-refractivity contribution < 1.29 is 67.8 Å². The molecular weight excluding hydrogens is 801 g/mol. The maximum atomic E-state index is 15.4. The lowest BCUT2D eigenvalue weighted by atomic mass is 9.44. The molecule has 6 rings (SSSR count). The van der Waals surface area contributed by atoms with E-state index in [1.54, 1.807) is 63.4 Å². The van der Waals surface area contributed by atoms with Crippen molar-refractivity contribution in [1.82, 2.24) is 10.2 Å². The van der Waals surface area contributed by atoms with Crippen LogP contribution in [0.5, 0.6) is 0 Å². The van der Waals surface area contributed by atoms with E-state index in [0.717, 1.165) is 13.8 Å². The van der Waals surface area contributed by atoms with E-state index in [4.69, 9.17) is 23.7 Å². The maximum Gasteiger partial charge on any atom is 0.338 e. The fourth-order valence-corrected chi connectivity index (χ4v) is 10.7. The second-order valence-electron chi connectivity index (χ2n) is 16.7. The number of aliphatic hydroxyl groups excluding tert-OH is 2. The van der Waals surface area contributed by atoms with Gasteiger partial charge in [0.15, 0.2) is 23.6 Å². The van der Waals surface area contributed by atoms with Crippen LogP contribution in [-0.4, -0.2) is 123 Å². The predicted octanol–water partition coefficient (Wildman–Crippen LogP) is 3.42. The SMILES string of the molecule is CCN(CC)C(=O)NC(c1cccs1)C(O)C(=O)OC1CC2(O)C(OC(=O)c3ccccc3)C3[C@]4(OC(C)=O)COC4CC(O)[C@@]3(C)C(=O)C(OC(C)=O)C(=C1C)C2(C)C. The van der Waals surface area contributed by atoms with Crippen LogP contribution in [0.4, 0.5) is 4.79 Å². The number of Topliss-reactive ketones (excluding diaryl/α,β-unsaturated/α-hetero) is 1. The Morgan fingerprint density at radius 1 is 0.983 bits per heavy atom. The number of nitrogens with zero attached hydrogens (tertiary/aromatic N) is 1. The second kappa shape index (κ2) is 16.6. The average molecular weight is 855 g/mol. The first-order valence-corrected chi connectivity index (χ1v) is 20.9. The molecule has 4 N–H and O–H groups in total. The summed E-state index contributed by atoms with van der Waals surface area (Å²) in [5.41, 5.74) is -7.55. The standard InChI is InChI=1S/C43H54N2O14S/c1-9-45(10-2)39(53)44-31(27-17-14-18-60-27)32(49)38(52)57-26-20-43(54)36(58-37(51)25-15-12-11-13-16-25)34-41(8,28(48)19-29-42(34,21-55-29)59-24(5)47)35(50)33(56-23(4)46)30(22(26)3)40(43,6)7/h11-18,26,28-29,31-34,36,48-49,54H,9-10,19-21H2,1-8H3,(H,44,53)/t26?,28?,29?,31?,32?,33?,34?,36?,41-,42+,43?/m1/s1. The van der Waals surface area contributed by atoms with Gasteiger partial charge in [-0.1, -0.05) is 38.1 Å². The van der Waals surface area contributed by atoms with Gasteiger partial charge in [0, 0.05) is 50.1 Å². The molecule has 2 aromatic rings. The number of hydrogen-bond acceptors (Lipinski definition) is 15. The number of rotatable bonds is 11. The fraction of sp³-hybridized carbons (Fsp3) is 0.581. The highest BCUT2D eigenvalue weighted by molar-refractivity contribution is 7.10. The number of aliphatic hydroxyl groups is 3. The molecule has 0 spiro atoms. The van der Waals surface area contributed by atoms with Gasteiger partial charge in [0.05, 0.1) is 29.6 Å². The van der Waals surface area contributed by atoms with Crippen LogP contribution in [-0.2, 0) is 42.9 Å². The number of esters is 4. The van der Waals surface area contributed by atoms with Crippen LogP contribution >= 0.6 is 11.3 Å². The molecule has 1 saturated heterocycles. The fourth-order valence-electron chi connectivity index (χ4n) is 9.87. The van der Waals surface area contributed by atoms with Gasteiger partial charge < -0.3 is 49.2 Å². The van der Waals surface area contributed by atoms with Gasteiger partial charge in [-0.3, -0.25) is 14.4 Å². The zero-order valence-electron chi connectivity index (χ0n) is 35.0.